The van der Waals surface area contributed by atoms with Gasteiger partial charge in [0.05, 0.1) is 17.1 Å². The predicted molar refractivity (Wildman–Crippen MR) is 114 cm³/mol. The highest BCUT2D eigenvalue weighted by molar-refractivity contribution is 7.09. The van der Waals surface area contributed by atoms with Crippen LogP contribution in [-0.2, 0) is 30.7 Å². The number of aromatic nitrogens is 2. The Labute approximate surface area is 171 Å². The number of hydrogen-bond acceptors (Lipinski definition) is 4. The molecule has 0 fully saturated rings. The molecule has 2 heterocycles. The first kappa shape index (κ1) is 20.2. The van der Waals surface area contributed by atoms with Gasteiger partial charge in [-0.15, -0.1) is 11.3 Å². The first-order valence-corrected chi connectivity index (χ1v) is 10.6. The average Bonchev–Trinajstić information content (AvgIpc) is 3.17. The first-order valence-electron chi connectivity index (χ1n) is 9.74. The van der Waals surface area contributed by atoms with Crippen LogP contribution in [0.5, 0.6) is 0 Å². The highest BCUT2D eigenvalue weighted by Gasteiger charge is 2.17. The molecule has 0 spiro atoms. The smallest absolute Gasteiger partial charge is 0.229 e. The molecule has 0 aliphatic heterocycles. The van der Waals surface area contributed by atoms with Crippen LogP contribution >= 0.6 is 11.3 Å². The summed E-state index contributed by atoms with van der Waals surface area (Å²) < 4.78 is 0. The van der Waals surface area contributed by atoms with Gasteiger partial charge in [0.25, 0.3) is 0 Å². The van der Waals surface area contributed by atoms with Crippen molar-refractivity contribution in [1.82, 2.24) is 14.9 Å². The standard InChI is InChI=1S/C23H27N3OS/c1-4-18-7-9-19(10-8-18)14-26(15-20-6-5-11-24-13-20)22(27)12-21-16-28-23(25-21)17(2)3/h5-11,13,16-17H,4,12,14-15H2,1-3H3. The molecule has 5 heteroatoms. The predicted octanol–water partition coefficient (Wildman–Crippen LogP) is 5.00. The SMILES string of the molecule is CCc1ccc(CN(Cc2cccnc2)C(=O)Cc2csc(C(C)C)n2)cc1. The van der Waals surface area contributed by atoms with E-state index in [0.29, 0.717) is 25.4 Å². The third kappa shape index (κ3) is 5.49. The van der Waals surface area contributed by atoms with Crippen LogP contribution in [0.15, 0.2) is 54.2 Å². The molecule has 3 rings (SSSR count). The lowest BCUT2D eigenvalue weighted by Gasteiger charge is -2.23. The van der Waals surface area contributed by atoms with Crippen molar-refractivity contribution in [3.05, 3.63) is 81.6 Å². The van der Waals surface area contributed by atoms with E-state index in [4.69, 9.17) is 0 Å². The summed E-state index contributed by atoms with van der Waals surface area (Å²) in [6, 6.07) is 12.4. The van der Waals surface area contributed by atoms with Crippen molar-refractivity contribution in [1.29, 1.82) is 0 Å². The van der Waals surface area contributed by atoms with Gasteiger partial charge in [-0.3, -0.25) is 9.78 Å². The minimum absolute atomic E-state index is 0.0871. The van der Waals surface area contributed by atoms with E-state index < -0.39 is 0 Å². The lowest BCUT2D eigenvalue weighted by atomic mass is 10.1. The summed E-state index contributed by atoms with van der Waals surface area (Å²) in [4.78, 5) is 23.8. The number of rotatable bonds is 8. The molecule has 0 radical (unpaired) electrons. The average molecular weight is 394 g/mol. The van der Waals surface area contributed by atoms with Crippen molar-refractivity contribution < 1.29 is 4.79 Å². The van der Waals surface area contributed by atoms with Crippen molar-refractivity contribution in [2.75, 3.05) is 0 Å². The summed E-state index contributed by atoms with van der Waals surface area (Å²) in [6.07, 6.45) is 4.92. The molecule has 0 saturated carbocycles. The van der Waals surface area contributed by atoms with Gasteiger partial charge in [-0.25, -0.2) is 4.98 Å². The van der Waals surface area contributed by atoms with E-state index in [-0.39, 0.29) is 5.91 Å². The van der Waals surface area contributed by atoms with Gasteiger partial charge < -0.3 is 4.90 Å². The molecular formula is C23H27N3OS. The first-order chi connectivity index (χ1) is 13.5. The number of pyridine rings is 1. The van der Waals surface area contributed by atoms with Crippen LogP contribution in [-0.4, -0.2) is 20.8 Å². The number of nitrogens with zero attached hydrogens (tertiary/aromatic N) is 3. The van der Waals surface area contributed by atoms with Crippen LogP contribution < -0.4 is 0 Å². The van der Waals surface area contributed by atoms with Gasteiger partial charge in [0, 0.05) is 36.8 Å². The largest absolute Gasteiger partial charge is 0.334 e. The second-order valence-corrected chi connectivity index (χ2v) is 8.18. The van der Waals surface area contributed by atoms with E-state index >= 15 is 0 Å². The van der Waals surface area contributed by atoms with Gasteiger partial charge >= 0.3 is 0 Å². The van der Waals surface area contributed by atoms with Crippen molar-refractivity contribution in [3.8, 4) is 0 Å². The molecule has 2 aromatic heterocycles. The maximum atomic E-state index is 13.1. The maximum absolute atomic E-state index is 13.1. The van der Waals surface area contributed by atoms with Crippen molar-refractivity contribution in [3.63, 3.8) is 0 Å². The van der Waals surface area contributed by atoms with E-state index in [2.05, 4.69) is 55.0 Å². The van der Waals surface area contributed by atoms with Crippen LogP contribution in [0.2, 0.25) is 0 Å². The van der Waals surface area contributed by atoms with E-state index in [0.717, 1.165) is 28.2 Å². The molecule has 146 valence electrons. The van der Waals surface area contributed by atoms with E-state index in [1.165, 1.54) is 5.56 Å². The lowest BCUT2D eigenvalue weighted by molar-refractivity contribution is -0.131. The normalized spacial score (nSPS) is 11.0. The van der Waals surface area contributed by atoms with Crippen LogP contribution in [0.3, 0.4) is 0 Å². The minimum Gasteiger partial charge on any atom is -0.334 e. The fourth-order valence-electron chi connectivity index (χ4n) is 2.98. The quantitative estimate of drug-likeness (QED) is 0.541. The Morgan fingerprint density at radius 3 is 2.39 bits per heavy atom. The molecule has 3 aromatic rings. The Balaban J connectivity index is 1.76. The molecule has 1 aromatic carbocycles. The fourth-order valence-corrected chi connectivity index (χ4v) is 3.82. The third-order valence-electron chi connectivity index (χ3n) is 4.65. The monoisotopic (exact) mass is 393 g/mol. The molecule has 28 heavy (non-hydrogen) atoms. The second kappa shape index (κ2) is 9.60. The van der Waals surface area contributed by atoms with Crippen molar-refractivity contribution >= 4 is 17.2 Å². The maximum Gasteiger partial charge on any atom is 0.229 e. The summed E-state index contributed by atoms with van der Waals surface area (Å²) >= 11 is 1.63. The zero-order valence-electron chi connectivity index (χ0n) is 16.8. The Kier molecular flexibility index (Phi) is 6.93. The third-order valence-corrected chi connectivity index (χ3v) is 5.84. The van der Waals surface area contributed by atoms with Crippen LogP contribution in [0.4, 0.5) is 0 Å². The number of thiazole rings is 1. The minimum atomic E-state index is 0.0871. The summed E-state index contributed by atoms with van der Waals surface area (Å²) in [6.45, 7) is 7.52. The molecule has 0 N–H and O–H groups in total. The number of aryl methyl sites for hydroxylation is 1. The molecule has 0 unspecified atom stereocenters. The second-order valence-electron chi connectivity index (χ2n) is 7.29. The molecule has 0 aliphatic carbocycles. The van der Waals surface area contributed by atoms with Gasteiger partial charge in [0.15, 0.2) is 0 Å². The number of benzene rings is 1. The van der Waals surface area contributed by atoms with Crippen LogP contribution in [0.25, 0.3) is 0 Å². The number of carbonyl (C=O) groups excluding carboxylic acids is 1. The number of carbonyl (C=O) groups is 1. The lowest BCUT2D eigenvalue weighted by Crippen LogP contribution is -2.31. The highest BCUT2D eigenvalue weighted by atomic mass is 32.1. The number of amides is 1. The van der Waals surface area contributed by atoms with Gasteiger partial charge in [-0.1, -0.05) is 51.1 Å². The fraction of sp³-hybridized carbons (Fsp3) is 0.348. The Bertz CT molecular complexity index is 888. The summed E-state index contributed by atoms with van der Waals surface area (Å²) in [5.41, 5.74) is 4.33. The summed E-state index contributed by atoms with van der Waals surface area (Å²) in [5.74, 6) is 0.474. The Morgan fingerprint density at radius 2 is 1.79 bits per heavy atom. The van der Waals surface area contributed by atoms with E-state index in [1.54, 1.807) is 17.5 Å². The molecular weight excluding hydrogens is 366 g/mol. The molecule has 0 atom stereocenters. The van der Waals surface area contributed by atoms with Crippen molar-refractivity contribution in [2.24, 2.45) is 0 Å². The molecule has 0 aliphatic rings. The highest BCUT2D eigenvalue weighted by Crippen LogP contribution is 2.20. The summed E-state index contributed by atoms with van der Waals surface area (Å²) in [7, 11) is 0. The Hall–Kier alpha value is -2.53. The van der Waals surface area contributed by atoms with Crippen molar-refractivity contribution in [2.45, 2.75) is 52.6 Å². The molecule has 0 saturated heterocycles. The van der Waals surface area contributed by atoms with Gasteiger partial charge in [-0.2, -0.15) is 0 Å². The number of hydrogen-bond donors (Lipinski definition) is 0. The summed E-state index contributed by atoms with van der Waals surface area (Å²) in [5, 5.41) is 3.09. The van der Waals surface area contributed by atoms with Gasteiger partial charge in [0.2, 0.25) is 5.91 Å². The zero-order valence-corrected chi connectivity index (χ0v) is 17.6. The van der Waals surface area contributed by atoms with Gasteiger partial charge in [-0.05, 0) is 29.2 Å². The Morgan fingerprint density at radius 1 is 1.07 bits per heavy atom. The molecule has 1 amide bonds. The molecule has 4 nitrogen and oxygen atoms in total. The van der Waals surface area contributed by atoms with Crippen LogP contribution in [0, 0.1) is 0 Å². The molecule has 0 bridgehead atoms. The topological polar surface area (TPSA) is 46.1 Å². The van der Waals surface area contributed by atoms with Crippen LogP contribution in [0.1, 0.15) is 54.1 Å². The van der Waals surface area contributed by atoms with E-state index in [9.17, 15) is 4.79 Å². The van der Waals surface area contributed by atoms with Gasteiger partial charge in [0.1, 0.15) is 0 Å². The van der Waals surface area contributed by atoms with E-state index in [1.807, 2.05) is 28.6 Å². The zero-order chi connectivity index (χ0) is 19.9.